The Hall–Kier alpha value is -2.60. The summed E-state index contributed by atoms with van der Waals surface area (Å²) in [6.07, 6.45) is 7.08. The standard InChI is InChI=1S/C21H27N3O3/c25-20(23-21(26)22-18-10-5-2-6-11-18)16-24(15-19-12-7-13-27-19)14-17-8-3-1-4-9-17/h1,3-4,7-9,12-13,18H,2,5-6,10-11,14-16H2,(H2,22,23,25,26). The fourth-order valence-corrected chi connectivity index (χ4v) is 3.47. The molecule has 3 amide bonds. The smallest absolute Gasteiger partial charge is 0.321 e. The maximum Gasteiger partial charge on any atom is 0.321 e. The van der Waals surface area contributed by atoms with Crippen LogP contribution in [0.15, 0.2) is 53.1 Å². The highest BCUT2D eigenvalue weighted by molar-refractivity contribution is 5.95. The monoisotopic (exact) mass is 369 g/mol. The van der Waals surface area contributed by atoms with E-state index < -0.39 is 6.03 Å². The van der Waals surface area contributed by atoms with Gasteiger partial charge < -0.3 is 9.73 Å². The quantitative estimate of drug-likeness (QED) is 0.784. The highest BCUT2D eigenvalue weighted by Crippen LogP contribution is 2.17. The number of nitrogens with one attached hydrogen (secondary N) is 2. The van der Waals surface area contributed by atoms with Crippen LogP contribution in [0.3, 0.4) is 0 Å². The number of imide groups is 1. The minimum Gasteiger partial charge on any atom is -0.468 e. The van der Waals surface area contributed by atoms with E-state index >= 15 is 0 Å². The Morgan fingerprint density at radius 2 is 1.78 bits per heavy atom. The Morgan fingerprint density at radius 3 is 2.48 bits per heavy atom. The molecule has 1 heterocycles. The zero-order valence-corrected chi connectivity index (χ0v) is 15.5. The van der Waals surface area contributed by atoms with Gasteiger partial charge in [-0.3, -0.25) is 15.0 Å². The van der Waals surface area contributed by atoms with Gasteiger partial charge in [-0.2, -0.15) is 0 Å². The number of urea groups is 1. The highest BCUT2D eigenvalue weighted by Gasteiger charge is 2.19. The molecule has 0 atom stereocenters. The van der Waals surface area contributed by atoms with Crippen molar-refractivity contribution in [2.24, 2.45) is 0 Å². The summed E-state index contributed by atoms with van der Waals surface area (Å²) < 4.78 is 5.41. The number of nitrogens with zero attached hydrogens (tertiary/aromatic N) is 1. The predicted octanol–water partition coefficient (Wildman–Crippen LogP) is 3.44. The van der Waals surface area contributed by atoms with Gasteiger partial charge in [0.25, 0.3) is 0 Å². The van der Waals surface area contributed by atoms with E-state index in [0.717, 1.165) is 37.0 Å². The zero-order chi connectivity index (χ0) is 18.9. The maximum atomic E-state index is 12.4. The lowest BCUT2D eigenvalue weighted by Crippen LogP contribution is -2.47. The van der Waals surface area contributed by atoms with Gasteiger partial charge in [-0.15, -0.1) is 0 Å². The Morgan fingerprint density at radius 1 is 1.00 bits per heavy atom. The molecule has 1 aromatic heterocycles. The number of hydrogen-bond acceptors (Lipinski definition) is 4. The van der Waals surface area contributed by atoms with Gasteiger partial charge >= 0.3 is 6.03 Å². The van der Waals surface area contributed by atoms with Crippen molar-refractivity contribution in [3.63, 3.8) is 0 Å². The molecule has 6 heteroatoms. The molecule has 6 nitrogen and oxygen atoms in total. The molecule has 27 heavy (non-hydrogen) atoms. The van der Waals surface area contributed by atoms with Crippen molar-refractivity contribution in [1.82, 2.24) is 15.5 Å². The summed E-state index contributed by atoms with van der Waals surface area (Å²) in [7, 11) is 0. The molecule has 1 aromatic carbocycles. The van der Waals surface area contributed by atoms with Crippen LogP contribution in [0.2, 0.25) is 0 Å². The lowest BCUT2D eigenvalue weighted by molar-refractivity contribution is -0.121. The number of hydrogen-bond donors (Lipinski definition) is 2. The number of rotatable bonds is 7. The number of carbonyl (C=O) groups is 2. The van der Waals surface area contributed by atoms with E-state index in [0.29, 0.717) is 13.1 Å². The molecule has 1 aliphatic rings. The van der Waals surface area contributed by atoms with Crippen LogP contribution >= 0.6 is 0 Å². The number of carbonyl (C=O) groups excluding carboxylic acids is 2. The molecule has 0 unspecified atom stereocenters. The van der Waals surface area contributed by atoms with Crippen LogP contribution in [0.1, 0.15) is 43.4 Å². The van der Waals surface area contributed by atoms with Gasteiger partial charge in [0, 0.05) is 12.6 Å². The van der Waals surface area contributed by atoms with Crippen molar-refractivity contribution >= 4 is 11.9 Å². The third-order valence-electron chi connectivity index (χ3n) is 4.77. The Labute approximate surface area is 159 Å². The van der Waals surface area contributed by atoms with Crippen molar-refractivity contribution < 1.29 is 14.0 Å². The van der Waals surface area contributed by atoms with Crippen LogP contribution in [0.4, 0.5) is 4.79 Å². The van der Waals surface area contributed by atoms with Gasteiger partial charge in [0.1, 0.15) is 5.76 Å². The highest BCUT2D eigenvalue weighted by atomic mass is 16.3. The average Bonchev–Trinajstić information content (AvgIpc) is 3.16. The molecule has 1 saturated carbocycles. The van der Waals surface area contributed by atoms with Crippen LogP contribution < -0.4 is 10.6 Å². The molecule has 0 aliphatic heterocycles. The molecule has 2 N–H and O–H groups in total. The second-order valence-corrected chi connectivity index (χ2v) is 7.07. The van der Waals surface area contributed by atoms with Gasteiger partial charge in [0.2, 0.25) is 5.91 Å². The van der Waals surface area contributed by atoms with Crippen molar-refractivity contribution in [3.8, 4) is 0 Å². The molecule has 1 fully saturated rings. The molecule has 0 radical (unpaired) electrons. The van der Waals surface area contributed by atoms with E-state index in [1.165, 1.54) is 6.42 Å². The van der Waals surface area contributed by atoms with Crippen molar-refractivity contribution in [2.75, 3.05) is 6.54 Å². The minimum absolute atomic E-state index is 0.119. The van der Waals surface area contributed by atoms with Gasteiger partial charge in [-0.05, 0) is 30.5 Å². The first-order valence-corrected chi connectivity index (χ1v) is 9.58. The summed E-state index contributed by atoms with van der Waals surface area (Å²) in [6, 6.07) is 13.4. The molecule has 144 valence electrons. The fraction of sp³-hybridized carbons (Fsp3) is 0.429. The fourth-order valence-electron chi connectivity index (χ4n) is 3.47. The minimum atomic E-state index is -0.399. The number of amides is 3. The van der Waals surface area contributed by atoms with Crippen LogP contribution in [0.25, 0.3) is 0 Å². The Bertz CT molecular complexity index is 710. The van der Waals surface area contributed by atoms with Crippen molar-refractivity contribution in [3.05, 3.63) is 60.1 Å². The van der Waals surface area contributed by atoms with E-state index in [1.54, 1.807) is 6.26 Å². The molecule has 0 spiro atoms. The van der Waals surface area contributed by atoms with E-state index in [-0.39, 0.29) is 18.5 Å². The topological polar surface area (TPSA) is 74.6 Å². The van der Waals surface area contributed by atoms with E-state index in [2.05, 4.69) is 10.6 Å². The molecule has 0 bridgehead atoms. The second kappa shape index (κ2) is 9.92. The summed E-state index contributed by atoms with van der Waals surface area (Å²) in [6.45, 7) is 1.21. The first kappa shape index (κ1) is 19.2. The van der Waals surface area contributed by atoms with Crippen molar-refractivity contribution in [1.29, 1.82) is 0 Å². The van der Waals surface area contributed by atoms with Crippen LogP contribution in [0, 0.1) is 0 Å². The lowest BCUT2D eigenvalue weighted by atomic mass is 9.96. The molecule has 3 rings (SSSR count). The van der Waals surface area contributed by atoms with Crippen molar-refractivity contribution in [2.45, 2.75) is 51.2 Å². The third kappa shape index (κ3) is 6.57. The first-order valence-electron chi connectivity index (χ1n) is 9.58. The number of benzene rings is 1. The SMILES string of the molecule is O=C(CN(Cc1ccccc1)Cc1ccco1)NC(=O)NC1CCCCC1. The molecule has 1 aliphatic carbocycles. The summed E-state index contributed by atoms with van der Waals surface area (Å²) in [5.74, 6) is 0.469. The van der Waals surface area contributed by atoms with Crippen LogP contribution in [0.5, 0.6) is 0 Å². The molecule has 0 saturated heterocycles. The Balaban J connectivity index is 1.53. The zero-order valence-electron chi connectivity index (χ0n) is 15.5. The Kier molecular flexibility index (Phi) is 7.04. The van der Waals surface area contributed by atoms with Gasteiger partial charge in [0.15, 0.2) is 0 Å². The largest absolute Gasteiger partial charge is 0.468 e. The lowest BCUT2D eigenvalue weighted by Gasteiger charge is -2.23. The van der Waals surface area contributed by atoms with Gasteiger partial charge in [0.05, 0.1) is 19.4 Å². The average molecular weight is 369 g/mol. The first-order chi connectivity index (χ1) is 13.2. The summed E-state index contributed by atoms with van der Waals surface area (Å²) in [5.41, 5.74) is 1.10. The molecule has 2 aromatic rings. The normalized spacial score (nSPS) is 14.9. The third-order valence-corrected chi connectivity index (χ3v) is 4.77. The summed E-state index contributed by atoms with van der Waals surface area (Å²) in [4.78, 5) is 26.4. The van der Waals surface area contributed by atoms with E-state index in [9.17, 15) is 9.59 Å². The predicted molar refractivity (Wildman–Crippen MR) is 103 cm³/mol. The van der Waals surface area contributed by atoms with E-state index in [1.807, 2.05) is 47.4 Å². The second-order valence-electron chi connectivity index (χ2n) is 7.07. The van der Waals surface area contributed by atoms with Gasteiger partial charge in [-0.1, -0.05) is 49.6 Å². The van der Waals surface area contributed by atoms with E-state index in [4.69, 9.17) is 4.42 Å². The summed E-state index contributed by atoms with van der Waals surface area (Å²) in [5, 5.41) is 5.37. The van der Waals surface area contributed by atoms with Crippen LogP contribution in [-0.2, 0) is 17.9 Å². The molecular formula is C21H27N3O3. The number of furan rings is 1. The molecular weight excluding hydrogens is 342 g/mol. The van der Waals surface area contributed by atoms with Gasteiger partial charge in [-0.25, -0.2) is 4.79 Å². The maximum absolute atomic E-state index is 12.4. The van der Waals surface area contributed by atoms with Crippen LogP contribution in [-0.4, -0.2) is 29.4 Å². The summed E-state index contributed by atoms with van der Waals surface area (Å²) >= 11 is 0.